The zero-order valence-electron chi connectivity index (χ0n) is 20.7. The van der Waals surface area contributed by atoms with E-state index in [0.29, 0.717) is 54.3 Å². The third kappa shape index (κ3) is 3.58. The highest BCUT2D eigenvalue weighted by Crippen LogP contribution is 2.55. The Labute approximate surface area is 221 Å². The van der Waals surface area contributed by atoms with Gasteiger partial charge in [-0.15, -0.1) is 6.42 Å². The van der Waals surface area contributed by atoms with Crippen LogP contribution in [0.15, 0.2) is 66.2 Å². The van der Waals surface area contributed by atoms with Gasteiger partial charge in [0.2, 0.25) is 15.8 Å². The number of anilines is 1. The van der Waals surface area contributed by atoms with Gasteiger partial charge in [-0.2, -0.15) is 0 Å². The smallest absolute Gasteiger partial charge is 0.258 e. The molecule has 0 saturated carbocycles. The van der Waals surface area contributed by atoms with Gasteiger partial charge in [0.25, 0.3) is 5.91 Å². The number of nitrogens with zero attached hydrogens (tertiary/aromatic N) is 2. The number of hydrogen-bond acceptors (Lipinski definition) is 5. The molecule has 8 heteroatoms. The predicted octanol–water partition coefficient (Wildman–Crippen LogP) is 3.36. The van der Waals surface area contributed by atoms with Crippen molar-refractivity contribution in [2.75, 3.05) is 43.4 Å². The van der Waals surface area contributed by atoms with Crippen LogP contribution in [0.5, 0.6) is 0 Å². The third-order valence-corrected chi connectivity index (χ3v) is 8.36. The normalized spacial score (nSPS) is 16.7. The summed E-state index contributed by atoms with van der Waals surface area (Å²) in [4.78, 5) is 29.9. The lowest BCUT2D eigenvalue weighted by atomic mass is 9.93. The van der Waals surface area contributed by atoms with Gasteiger partial charge in [-0.05, 0) is 28.0 Å². The average Bonchev–Trinajstić information content (AvgIpc) is 3.39. The number of ketones is 1. The molecule has 2 aliphatic carbocycles. The molecule has 7 nitrogen and oxygen atoms in total. The van der Waals surface area contributed by atoms with Gasteiger partial charge in [-0.1, -0.05) is 60.5 Å². The molecule has 3 aromatic carbocycles. The lowest BCUT2D eigenvalue weighted by molar-refractivity contribution is -0.132. The molecule has 1 aliphatic heterocycles. The molecule has 1 amide bonds. The van der Waals surface area contributed by atoms with Crippen molar-refractivity contribution in [3.05, 3.63) is 82.9 Å². The van der Waals surface area contributed by atoms with E-state index in [-0.39, 0.29) is 18.0 Å². The molecule has 1 saturated heterocycles. The molecule has 0 N–H and O–H groups in total. The lowest BCUT2D eigenvalue weighted by Crippen LogP contribution is -2.42. The minimum absolute atomic E-state index is 0.109. The SMILES string of the molecule is C#CCN(c1ccccc1C1=C2C(=C(C(=O)N3CCOCC3)C1=O)c1cccc3cccc2c13)S(C)(=O)=O. The van der Waals surface area contributed by atoms with Crippen molar-refractivity contribution >= 4 is 54.9 Å². The van der Waals surface area contributed by atoms with Gasteiger partial charge in [0.1, 0.15) is 0 Å². The summed E-state index contributed by atoms with van der Waals surface area (Å²) in [7, 11) is -3.76. The summed E-state index contributed by atoms with van der Waals surface area (Å²) in [6.45, 7) is 1.41. The number of rotatable bonds is 5. The van der Waals surface area contributed by atoms with E-state index < -0.39 is 15.8 Å². The largest absolute Gasteiger partial charge is 0.378 e. The van der Waals surface area contributed by atoms with Crippen LogP contribution in [0.4, 0.5) is 5.69 Å². The fraction of sp³-hybridized carbons (Fsp3) is 0.200. The number of carbonyl (C=O) groups is 2. The van der Waals surface area contributed by atoms with Crippen LogP contribution in [-0.2, 0) is 24.3 Å². The summed E-state index contributed by atoms with van der Waals surface area (Å²) >= 11 is 0. The Morgan fingerprint density at radius 3 is 2.24 bits per heavy atom. The van der Waals surface area contributed by atoms with Crippen molar-refractivity contribution in [2.45, 2.75) is 0 Å². The van der Waals surface area contributed by atoms with Gasteiger partial charge in [-0.25, -0.2) is 8.42 Å². The fourth-order valence-corrected chi connectivity index (χ4v) is 6.48. The maximum atomic E-state index is 14.3. The van der Waals surface area contributed by atoms with Crippen LogP contribution in [-0.4, -0.2) is 64.1 Å². The van der Waals surface area contributed by atoms with Crippen molar-refractivity contribution in [3.63, 3.8) is 0 Å². The monoisotopic (exact) mass is 524 g/mol. The van der Waals surface area contributed by atoms with E-state index in [4.69, 9.17) is 11.2 Å². The number of terminal acetylenes is 1. The third-order valence-electron chi connectivity index (χ3n) is 7.24. The van der Waals surface area contributed by atoms with Gasteiger partial charge in [0, 0.05) is 35.4 Å². The average molecular weight is 525 g/mol. The Morgan fingerprint density at radius 1 is 0.947 bits per heavy atom. The molecule has 0 spiro atoms. The highest BCUT2D eigenvalue weighted by Gasteiger charge is 2.44. The van der Waals surface area contributed by atoms with Crippen molar-refractivity contribution in [2.24, 2.45) is 0 Å². The molecule has 0 bridgehead atoms. The number of morpholine rings is 1. The number of hydrogen-bond donors (Lipinski definition) is 0. The van der Waals surface area contributed by atoms with E-state index in [9.17, 15) is 18.0 Å². The molecule has 190 valence electrons. The van der Waals surface area contributed by atoms with Gasteiger partial charge in [0.15, 0.2) is 0 Å². The first-order chi connectivity index (χ1) is 18.3. The van der Waals surface area contributed by atoms with Gasteiger partial charge < -0.3 is 9.64 Å². The molecule has 6 rings (SSSR count). The van der Waals surface area contributed by atoms with Crippen LogP contribution in [0.25, 0.3) is 27.5 Å². The van der Waals surface area contributed by atoms with Crippen molar-refractivity contribution < 1.29 is 22.7 Å². The van der Waals surface area contributed by atoms with E-state index in [1.807, 2.05) is 36.4 Å². The van der Waals surface area contributed by atoms with E-state index in [1.54, 1.807) is 29.2 Å². The second-order valence-electron chi connectivity index (χ2n) is 9.43. The van der Waals surface area contributed by atoms with Crippen molar-refractivity contribution in [3.8, 4) is 12.3 Å². The minimum Gasteiger partial charge on any atom is -0.378 e. The molecule has 3 aromatic rings. The number of ether oxygens (including phenoxy) is 1. The van der Waals surface area contributed by atoms with Gasteiger partial charge in [-0.3, -0.25) is 13.9 Å². The van der Waals surface area contributed by atoms with Crippen LogP contribution < -0.4 is 4.31 Å². The standard InChI is InChI=1S/C30H24N2O5S/c1-3-14-32(38(2,35)36)23-13-5-4-10-20(23)27-25-21-11-6-8-19-9-7-12-22(24(19)21)26(25)28(29(27)33)30(34)31-15-17-37-18-16-31/h1,4-13H,14-18H2,2H3. The lowest BCUT2D eigenvalue weighted by Gasteiger charge is -2.27. The number of carbonyl (C=O) groups excluding carboxylic acids is 2. The molecule has 3 aliphatic rings. The Balaban J connectivity index is 1.64. The fourth-order valence-electron chi connectivity index (χ4n) is 5.65. The van der Waals surface area contributed by atoms with Crippen molar-refractivity contribution in [1.29, 1.82) is 0 Å². The molecular weight excluding hydrogens is 500 g/mol. The van der Waals surface area contributed by atoms with Crippen LogP contribution >= 0.6 is 0 Å². The van der Waals surface area contributed by atoms with Crippen LogP contribution in [0.3, 0.4) is 0 Å². The van der Waals surface area contributed by atoms with Crippen LogP contribution in [0.1, 0.15) is 16.7 Å². The number of benzene rings is 3. The summed E-state index contributed by atoms with van der Waals surface area (Å²) in [6, 6.07) is 18.5. The summed E-state index contributed by atoms with van der Waals surface area (Å²) in [5.74, 6) is 1.65. The molecule has 1 fully saturated rings. The van der Waals surface area contributed by atoms with E-state index in [0.717, 1.165) is 32.5 Å². The molecule has 0 atom stereocenters. The van der Waals surface area contributed by atoms with Crippen molar-refractivity contribution in [1.82, 2.24) is 4.90 Å². The van der Waals surface area contributed by atoms with E-state index >= 15 is 0 Å². The molecule has 0 radical (unpaired) electrons. The number of fused-ring (bicyclic) bond motifs is 3. The zero-order valence-corrected chi connectivity index (χ0v) is 21.5. The second kappa shape index (κ2) is 8.98. The predicted molar refractivity (Wildman–Crippen MR) is 148 cm³/mol. The summed E-state index contributed by atoms with van der Waals surface area (Å²) in [5.41, 5.74) is 4.06. The second-order valence-corrected chi connectivity index (χ2v) is 11.3. The Morgan fingerprint density at radius 2 is 1.58 bits per heavy atom. The molecule has 1 heterocycles. The minimum atomic E-state index is -3.76. The van der Waals surface area contributed by atoms with Crippen LogP contribution in [0, 0.1) is 12.3 Å². The Kier molecular flexibility index (Phi) is 5.71. The van der Waals surface area contributed by atoms with Gasteiger partial charge in [0.05, 0.1) is 37.3 Å². The Bertz CT molecular complexity index is 1750. The molecule has 38 heavy (non-hydrogen) atoms. The molecule has 0 unspecified atom stereocenters. The quantitative estimate of drug-likeness (QED) is 0.378. The van der Waals surface area contributed by atoms with E-state index in [2.05, 4.69) is 5.92 Å². The topological polar surface area (TPSA) is 84.0 Å². The Hall–Kier alpha value is -4.19. The number of para-hydroxylation sites is 1. The summed E-state index contributed by atoms with van der Waals surface area (Å²) in [5, 5.41) is 1.97. The van der Waals surface area contributed by atoms with E-state index in [1.165, 1.54) is 0 Å². The molecule has 0 aromatic heterocycles. The maximum absolute atomic E-state index is 14.3. The molecular formula is C30H24N2O5S. The highest BCUT2D eigenvalue weighted by atomic mass is 32.2. The number of allylic oxidation sites excluding steroid dienone is 3. The first-order valence-corrected chi connectivity index (χ1v) is 14.1. The first-order valence-electron chi connectivity index (χ1n) is 12.3. The number of amides is 1. The maximum Gasteiger partial charge on any atom is 0.258 e. The van der Waals surface area contributed by atoms with Crippen LogP contribution in [0.2, 0.25) is 0 Å². The number of Topliss-reactive ketones (excluding diaryl/α,β-unsaturated/α-hetero) is 1. The summed E-state index contributed by atoms with van der Waals surface area (Å²) < 4.78 is 32.1. The van der Waals surface area contributed by atoms with Gasteiger partial charge >= 0.3 is 0 Å². The first kappa shape index (κ1) is 24.2. The highest BCUT2D eigenvalue weighted by molar-refractivity contribution is 7.92. The summed E-state index contributed by atoms with van der Waals surface area (Å²) in [6.07, 6.45) is 6.61. The number of sulfonamides is 1. The zero-order chi connectivity index (χ0) is 26.6.